The predicted molar refractivity (Wildman–Crippen MR) is 76.2 cm³/mol. The van der Waals surface area contributed by atoms with Crippen LogP contribution in [0.1, 0.15) is 5.56 Å². The number of halogens is 4. The van der Waals surface area contributed by atoms with Gasteiger partial charge in [-0.3, -0.25) is 0 Å². The number of aromatic nitrogens is 1. The Labute approximate surface area is 135 Å². The van der Waals surface area contributed by atoms with Crippen LogP contribution in [0.15, 0.2) is 47.5 Å². The Morgan fingerprint density at radius 2 is 1.79 bits per heavy atom. The highest BCUT2D eigenvalue weighted by Gasteiger charge is 2.29. The Morgan fingerprint density at radius 3 is 2.42 bits per heavy atom. The molecule has 2 rings (SSSR count). The van der Waals surface area contributed by atoms with E-state index in [1.807, 2.05) is 0 Å². The van der Waals surface area contributed by atoms with Crippen molar-refractivity contribution in [2.75, 3.05) is 6.61 Å². The first-order chi connectivity index (χ1) is 11.2. The molecule has 1 aromatic heterocycles. The summed E-state index contributed by atoms with van der Waals surface area (Å²) in [6, 6.07) is 6.92. The zero-order chi connectivity index (χ0) is 17.8. The van der Waals surface area contributed by atoms with E-state index in [4.69, 9.17) is 0 Å². The highest BCUT2D eigenvalue weighted by molar-refractivity contribution is 7.89. The van der Waals surface area contributed by atoms with Gasteiger partial charge in [0.1, 0.15) is 5.82 Å². The lowest BCUT2D eigenvalue weighted by Gasteiger charge is -2.12. The van der Waals surface area contributed by atoms with Crippen molar-refractivity contribution in [2.45, 2.75) is 17.6 Å². The van der Waals surface area contributed by atoms with Crippen molar-refractivity contribution in [3.63, 3.8) is 0 Å². The molecule has 0 atom stereocenters. The summed E-state index contributed by atoms with van der Waals surface area (Å²) in [5, 5.41) is 0. The van der Waals surface area contributed by atoms with Crippen molar-refractivity contribution in [2.24, 2.45) is 0 Å². The van der Waals surface area contributed by atoms with Gasteiger partial charge in [0.15, 0.2) is 6.61 Å². The van der Waals surface area contributed by atoms with Gasteiger partial charge < -0.3 is 4.74 Å². The van der Waals surface area contributed by atoms with Crippen LogP contribution in [0.2, 0.25) is 0 Å². The molecule has 130 valence electrons. The minimum atomic E-state index is -4.54. The molecule has 1 heterocycles. The smallest absolute Gasteiger partial charge is 0.422 e. The van der Waals surface area contributed by atoms with E-state index in [0.717, 1.165) is 24.3 Å². The molecule has 5 nitrogen and oxygen atoms in total. The number of benzene rings is 1. The first-order valence-corrected chi connectivity index (χ1v) is 8.04. The highest BCUT2D eigenvalue weighted by atomic mass is 32.2. The van der Waals surface area contributed by atoms with Gasteiger partial charge >= 0.3 is 6.18 Å². The van der Waals surface area contributed by atoms with Crippen LogP contribution < -0.4 is 9.46 Å². The fourth-order valence-corrected chi connectivity index (χ4v) is 2.72. The quantitative estimate of drug-likeness (QED) is 0.801. The average molecular weight is 364 g/mol. The lowest BCUT2D eigenvalue weighted by molar-refractivity contribution is -0.154. The lowest BCUT2D eigenvalue weighted by atomic mass is 10.3. The second-order valence-electron chi connectivity index (χ2n) is 4.65. The third kappa shape index (κ3) is 5.17. The molecule has 0 aliphatic heterocycles. The summed E-state index contributed by atoms with van der Waals surface area (Å²) in [6.07, 6.45) is -3.31. The van der Waals surface area contributed by atoms with Crippen LogP contribution in [-0.4, -0.2) is 26.2 Å². The summed E-state index contributed by atoms with van der Waals surface area (Å²) < 4.78 is 80.4. The fourth-order valence-electron chi connectivity index (χ4n) is 1.71. The number of pyridine rings is 1. The van der Waals surface area contributed by atoms with E-state index in [1.165, 1.54) is 18.3 Å². The molecular formula is C14H12F4N2O3S. The van der Waals surface area contributed by atoms with Crippen molar-refractivity contribution in [1.29, 1.82) is 0 Å². The van der Waals surface area contributed by atoms with Gasteiger partial charge in [-0.05, 0) is 30.3 Å². The number of sulfonamides is 1. The summed E-state index contributed by atoms with van der Waals surface area (Å²) in [5.74, 6) is -0.916. The molecule has 0 aliphatic carbocycles. The van der Waals surface area contributed by atoms with Crippen LogP contribution in [0.3, 0.4) is 0 Å². The van der Waals surface area contributed by atoms with Crippen molar-refractivity contribution in [3.05, 3.63) is 54.0 Å². The van der Waals surface area contributed by atoms with E-state index in [2.05, 4.69) is 14.4 Å². The average Bonchev–Trinajstić information content (AvgIpc) is 2.51. The van der Waals surface area contributed by atoms with E-state index in [1.54, 1.807) is 0 Å². The molecule has 0 bridgehead atoms. The number of nitrogens with one attached hydrogen (secondary N) is 1. The van der Waals surface area contributed by atoms with Crippen LogP contribution in [0.25, 0.3) is 0 Å². The maximum absolute atomic E-state index is 12.8. The topological polar surface area (TPSA) is 68.3 Å². The summed E-state index contributed by atoms with van der Waals surface area (Å²) in [5.41, 5.74) is 0.132. The van der Waals surface area contributed by atoms with Crippen LogP contribution in [0.5, 0.6) is 5.88 Å². The zero-order valence-corrected chi connectivity index (χ0v) is 12.9. The zero-order valence-electron chi connectivity index (χ0n) is 12.0. The van der Waals surface area contributed by atoms with E-state index < -0.39 is 28.6 Å². The largest absolute Gasteiger partial charge is 0.468 e. The molecule has 0 unspecified atom stereocenters. The molecule has 0 spiro atoms. The van der Waals surface area contributed by atoms with Gasteiger partial charge in [0.2, 0.25) is 15.9 Å². The highest BCUT2D eigenvalue weighted by Crippen LogP contribution is 2.20. The lowest BCUT2D eigenvalue weighted by Crippen LogP contribution is -2.25. The normalized spacial score (nSPS) is 12.2. The number of rotatable bonds is 6. The van der Waals surface area contributed by atoms with Gasteiger partial charge in [0, 0.05) is 18.3 Å². The Hall–Kier alpha value is -2.20. The molecule has 0 saturated heterocycles. The Morgan fingerprint density at radius 1 is 1.12 bits per heavy atom. The van der Waals surface area contributed by atoms with Gasteiger partial charge in [0.25, 0.3) is 0 Å². The molecule has 0 aliphatic rings. The minimum absolute atomic E-state index is 0.132. The van der Waals surface area contributed by atoms with E-state index >= 15 is 0 Å². The maximum atomic E-state index is 12.8. The van der Waals surface area contributed by atoms with Gasteiger partial charge in [-0.2, -0.15) is 13.2 Å². The monoisotopic (exact) mass is 364 g/mol. The second-order valence-corrected chi connectivity index (χ2v) is 6.42. The number of hydrogen-bond donors (Lipinski definition) is 1. The third-order valence-electron chi connectivity index (χ3n) is 2.80. The SMILES string of the molecule is O=S(=O)(NCc1cccnc1OCC(F)(F)F)c1ccc(F)cc1. The Bertz CT molecular complexity index is 792. The van der Waals surface area contributed by atoms with Gasteiger partial charge in [-0.15, -0.1) is 0 Å². The van der Waals surface area contributed by atoms with Gasteiger partial charge in [-0.25, -0.2) is 22.5 Å². The molecule has 2 aromatic rings. The molecule has 24 heavy (non-hydrogen) atoms. The number of ether oxygens (including phenoxy) is 1. The van der Waals surface area contributed by atoms with Crippen LogP contribution in [-0.2, 0) is 16.6 Å². The minimum Gasteiger partial charge on any atom is -0.468 e. The molecule has 10 heteroatoms. The molecule has 0 fully saturated rings. The summed E-state index contributed by atoms with van der Waals surface area (Å²) in [7, 11) is -3.96. The van der Waals surface area contributed by atoms with Crippen LogP contribution >= 0.6 is 0 Å². The molecule has 1 aromatic carbocycles. The first-order valence-electron chi connectivity index (χ1n) is 6.56. The van der Waals surface area contributed by atoms with Gasteiger partial charge in [0.05, 0.1) is 4.90 Å². The van der Waals surface area contributed by atoms with E-state index in [0.29, 0.717) is 0 Å². The second kappa shape index (κ2) is 7.14. The molecular weight excluding hydrogens is 352 g/mol. The van der Waals surface area contributed by atoms with Gasteiger partial charge in [-0.1, -0.05) is 6.07 Å². The molecule has 1 N–H and O–H groups in total. The third-order valence-corrected chi connectivity index (χ3v) is 4.22. The summed E-state index contributed by atoms with van der Waals surface area (Å²) in [6.45, 7) is -1.87. The van der Waals surface area contributed by atoms with E-state index in [9.17, 15) is 26.0 Å². The maximum Gasteiger partial charge on any atom is 0.422 e. The van der Waals surface area contributed by atoms with Crippen molar-refractivity contribution < 1.29 is 30.7 Å². The van der Waals surface area contributed by atoms with Crippen molar-refractivity contribution in [3.8, 4) is 5.88 Å². The number of alkyl halides is 3. The van der Waals surface area contributed by atoms with Crippen molar-refractivity contribution in [1.82, 2.24) is 9.71 Å². The molecule has 0 saturated carbocycles. The van der Waals surface area contributed by atoms with E-state index in [-0.39, 0.29) is 22.9 Å². The van der Waals surface area contributed by atoms with Crippen molar-refractivity contribution >= 4 is 10.0 Å². The standard InChI is InChI=1S/C14H12F4N2O3S/c15-11-3-5-12(6-4-11)24(21,22)20-8-10-2-1-7-19-13(10)23-9-14(16,17)18/h1-7,20H,8-9H2. The summed E-state index contributed by atoms with van der Waals surface area (Å²) >= 11 is 0. The number of nitrogens with zero attached hydrogens (tertiary/aromatic N) is 1. The fraction of sp³-hybridized carbons (Fsp3) is 0.214. The predicted octanol–water partition coefficient (Wildman–Crippen LogP) is 2.64. The Kier molecular flexibility index (Phi) is 5.40. The molecule has 0 radical (unpaired) electrons. The summed E-state index contributed by atoms with van der Waals surface area (Å²) in [4.78, 5) is 3.48. The Balaban J connectivity index is 2.10. The molecule has 0 amide bonds. The first kappa shape index (κ1) is 18.1. The van der Waals surface area contributed by atoms with Crippen LogP contribution in [0.4, 0.5) is 17.6 Å². The number of hydrogen-bond acceptors (Lipinski definition) is 4. The van der Waals surface area contributed by atoms with Crippen LogP contribution in [0, 0.1) is 5.82 Å².